The number of carbonyl (C=O) groups excluding carboxylic acids is 1. The molecular formula is C9H10Cl2N2OS2. The highest BCUT2D eigenvalue weighted by atomic mass is 35.5. The monoisotopic (exact) mass is 296 g/mol. The summed E-state index contributed by atoms with van der Waals surface area (Å²) in [4.78, 5) is 11.6. The molecule has 2 N–H and O–H groups in total. The molecule has 1 aliphatic heterocycles. The maximum absolute atomic E-state index is 11.6. The highest BCUT2D eigenvalue weighted by Crippen LogP contribution is 2.35. The van der Waals surface area contributed by atoms with Crippen molar-refractivity contribution in [3.8, 4) is 0 Å². The molecule has 1 aromatic heterocycles. The molecular weight excluding hydrogens is 287 g/mol. The minimum absolute atomic E-state index is 0.219. The first-order valence-electron chi connectivity index (χ1n) is 4.75. The first kappa shape index (κ1) is 12.4. The van der Waals surface area contributed by atoms with Crippen molar-refractivity contribution < 1.29 is 4.79 Å². The lowest BCUT2D eigenvalue weighted by Crippen LogP contribution is -2.37. The summed E-state index contributed by atoms with van der Waals surface area (Å²) in [5.74, 6) is 2.08. The topological polar surface area (TPSA) is 41.1 Å². The predicted octanol–water partition coefficient (Wildman–Crippen LogP) is 3.68. The number of amides is 2. The molecule has 1 fully saturated rings. The number of rotatable bonds is 2. The molecule has 7 heteroatoms. The third-order valence-electron chi connectivity index (χ3n) is 2.17. The van der Waals surface area contributed by atoms with Crippen molar-refractivity contribution in [2.75, 3.05) is 16.8 Å². The predicted molar refractivity (Wildman–Crippen MR) is 72.2 cm³/mol. The van der Waals surface area contributed by atoms with E-state index >= 15 is 0 Å². The van der Waals surface area contributed by atoms with Crippen LogP contribution in [-0.4, -0.2) is 23.6 Å². The third kappa shape index (κ3) is 3.20. The van der Waals surface area contributed by atoms with Crippen LogP contribution in [0, 0.1) is 0 Å². The van der Waals surface area contributed by atoms with Crippen LogP contribution >= 0.6 is 46.3 Å². The van der Waals surface area contributed by atoms with Crippen molar-refractivity contribution in [3.63, 3.8) is 0 Å². The molecule has 1 atom stereocenters. The molecule has 1 aliphatic rings. The third-order valence-corrected chi connectivity index (χ3v) is 4.82. The van der Waals surface area contributed by atoms with Crippen LogP contribution in [0.5, 0.6) is 0 Å². The van der Waals surface area contributed by atoms with Gasteiger partial charge in [0.25, 0.3) is 0 Å². The van der Waals surface area contributed by atoms with Gasteiger partial charge in [-0.15, -0.1) is 11.3 Å². The zero-order chi connectivity index (χ0) is 11.5. The number of hydrogen-bond acceptors (Lipinski definition) is 3. The summed E-state index contributed by atoms with van der Waals surface area (Å²) < 4.78 is 1.07. The molecule has 88 valence electrons. The van der Waals surface area contributed by atoms with Crippen LogP contribution in [0.2, 0.25) is 8.67 Å². The lowest BCUT2D eigenvalue weighted by atomic mass is 10.3. The lowest BCUT2D eigenvalue weighted by molar-refractivity contribution is 0.249. The van der Waals surface area contributed by atoms with Gasteiger partial charge in [-0.2, -0.15) is 11.8 Å². The van der Waals surface area contributed by atoms with Crippen LogP contribution in [0.3, 0.4) is 0 Å². The van der Waals surface area contributed by atoms with E-state index < -0.39 is 0 Å². The molecule has 0 bridgehead atoms. The standard InChI is InChI=1S/C9H10Cl2N2OS2/c10-7-3-6(8(11)16-7)13-9(14)12-5-1-2-15-4-5/h3,5H,1-2,4H2,(H2,12,13,14). The van der Waals surface area contributed by atoms with E-state index in [-0.39, 0.29) is 12.1 Å². The maximum Gasteiger partial charge on any atom is 0.319 e. The minimum atomic E-state index is -0.219. The molecule has 1 saturated heterocycles. The molecule has 0 saturated carbocycles. The van der Waals surface area contributed by atoms with Crippen LogP contribution in [-0.2, 0) is 0 Å². The molecule has 1 aromatic rings. The Morgan fingerprint density at radius 3 is 2.88 bits per heavy atom. The fraction of sp³-hybridized carbons (Fsp3) is 0.444. The van der Waals surface area contributed by atoms with Crippen molar-refractivity contribution >= 4 is 58.0 Å². The largest absolute Gasteiger partial charge is 0.334 e. The summed E-state index contributed by atoms with van der Waals surface area (Å²) in [6, 6.07) is 1.69. The normalized spacial score (nSPS) is 19.8. The van der Waals surface area contributed by atoms with Crippen LogP contribution < -0.4 is 10.6 Å². The Hall–Kier alpha value is -0.100. The van der Waals surface area contributed by atoms with Crippen molar-refractivity contribution in [2.24, 2.45) is 0 Å². The average Bonchev–Trinajstić information content (AvgIpc) is 2.78. The highest BCUT2D eigenvalue weighted by molar-refractivity contribution is 7.99. The molecule has 1 unspecified atom stereocenters. The van der Waals surface area contributed by atoms with Crippen molar-refractivity contribution in [1.82, 2.24) is 5.32 Å². The number of nitrogens with one attached hydrogen (secondary N) is 2. The zero-order valence-electron chi connectivity index (χ0n) is 8.26. The van der Waals surface area contributed by atoms with Crippen molar-refractivity contribution in [3.05, 3.63) is 14.7 Å². The number of carbonyl (C=O) groups is 1. The van der Waals surface area contributed by atoms with Crippen molar-refractivity contribution in [2.45, 2.75) is 12.5 Å². The number of thioether (sulfide) groups is 1. The Labute approximate surface area is 112 Å². The average molecular weight is 297 g/mol. The van der Waals surface area contributed by atoms with Crippen LogP contribution in [0.4, 0.5) is 10.5 Å². The Kier molecular flexibility index (Phi) is 4.24. The Balaban J connectivity index is 1.89. The first-order valence-corrected chi connectivity index (χ1v) is 7.48. The number of thiophene rings is 1. The molecule has 0 aromatic carbocycles. The summed E-state index contributed by atoms with van der Waals surface area (Å²) in [6.07, 6.45) is 1.02. The number of urea groups is 1. The molecule has 16 heavy (non-hydrogen) atoms. The van der Waals surface area contributed by atoms with E-state index in [0.29, 0.717) is 14.4 Å². The molecule has 2 heterocycles. The van der Waals surface area contributed by atoms with E-state index in [1.54, 1.807) is 6.07 Å². The van der Waals surface area contributed by atoms with Crippen LogP contribution in [0.25, 0.3) is 0 Å². The van der Waals surface area contributed by atoms with Gasteiger partial charge in [-0.05, 0) is 18.2 Å². The van der Waals surface area contributed by atoms with E-state index in [0.717, 1.165) is 17.9 Å². The smallest absolute Gasteiger partial charge is 0.319 e. The van der Waals surface area contributed by atoms with Crippen molar-refractivity contribution in [1.29, 1.82) is 0 Å². The molecule has 0 aliphatic carbocycles. The van der Waals surface area contributed by atoms with E-state index in [2.05, 4.69) is 10.6 Å². The lowest BCUT2D eigenvalue weighted by Gasteiger charge is -2.11. The number of hydrogen-bond donors (Lipinski definition) is 2. The van der Waals surface area contributed by atoms with Gasteiger partial charge in [-0.25, -0.2) is 4.79 Å². The Bertz CT molecular complexity index is 391. The fourth-order valence-corrected chi connectivity index (χ4v) is 3.95. The molecule has 0 radical (unpaired) electrons. The van der Waals surface area contributed by atoms with Gasteiger partial charge in [0.05, 0.1) is 10.0 Å². The second kappa shape index (κ2) is 5.49. The van der Waals surface area contributed by atoms with Gasteiger partial charge in [0.2, 0.25) is 0 Å². The van der Waals surface area contributed by atoms with Gasteiger partial charge in [0.1, 0.15) is 4.34 Å². The van der Waals surface area contributed by atoms with Gasteiger partial charge in [0, 0.05) is 11.8 Å². The SMILES string of the molecule is O=C(Nc1cc(Cl)sc1Cl)NC1CCSC1. The fourth-order valence-electron chi connectivity index (χ4n) is 1.42. The Morgan fingerprint density at radius 2 is 2.31 bits per heavy atom. The van der Waals surface area contributed by atoms with E-state index in [9.17, 15) is 4.79 Å². The van der Waals surface area contributed by atoms with Crippen LogP contribution in [0.1, 0.15) is 6.42 Å². The summed E-state index contributed by atoms with van der Waals surface area (Å²) in [7, 11) is 0. The first-order chi connectivity index (χ1) is 7.65. The second-order valence-corrected chi connectivity index (χ2v) is 6.83. The quantitative estimate of drug-likeness (QED) is 0.874. The Morgan fingerprint density at radius 1 is 1.50 bits per heavy atom. The second-order valence-electron chi connectivity index (χ2n) is 3.40. The van der Waals surface area contributed by atoms with Crippen LogP contribution in [0.15, 0.2) is 6.07 Å². The van der Waals surface area contributed by atoms with E-state index in [4.69, 9.17) is 23.2 Å². The maximum atomic E-state index is 11.6. The summed E-state index contributed by atoms with van der Waals surface area (Å²) in [6.45, 7) is 0. The number of anilines is 1. The molecule has 2 rings (SSSR count). The van der Waals surface area contributed by atoms with E-state index in [1.165, 1.54) is 11.3 Å². The number of halogens is 2. The zero-order valence-corrected chi connectivity index (χ0v) is 11.4. The summed E-state index contributed by atoms with van der Waals surface area (Å²) in [5, 5.41) is 5.59. The van der Waals surface area contributed by atoms with Gasteiger partial charge in [0.15, 0.2) is 0 Å². The van der Waals surface area contributed by atoms with Gasteiger partial charge >= 0.3 is 6.03 Å². The molecule has 0 spiro atoms. The summed E-state index contributed by atoms with van der Waals surface area (Å²) >= 11 is 14.8. The minimum Gasteiger partial charge on any atom is -0.334 e. The van der Waals surface area contributed by atoms with Gasteiger partial charge in [-0.1, -0.05) is 23.2 Å². The van der Waals surface area contributed by atoms with E-state index in [1.807, 2.05) is 11.8 Å². The van der Waals surface area contributed by atoms with Gasteiger partial charge < -0.3 is 10.6 Å². The molecule has 3 nitrogen and oxygen atoms in total. The summed E-state index contributed by atoms with van der Waals surface area (Å²) in [5.41, 5.74) is 0.569. The molecule has 2 amide bonds. The van der Waals surface area contributed by atoms with Gasteiger partial charge in [-0.3, -0.25) is 0 Å². The highest BCUT2D eigenvalue weighted by Gasteiger charge is 2.18.